The summed E-state index contributed by atoms with van der Waals surface area (Å²) in [7, 11) is 0. The maximum Gasteiger partial charge on any atom is 0.303 e. The van der Waals surface area contributed by atoms with Gasteiger partial charge in [0.1, 0.15) is 18.5 Å². The van der Waals surface area contributed by atoms with Gasteiger partial charge in [-0.05, 0) is 18.2 Å². The Hall–Kier alpha value is -3.51. The summed E-state index contributed by atoms with van der Waals surface area (Å²) in [5, 5.41) is 0.604. The summed E-state index contributed by atoms with van der Waals surface area (Å²) in [5.74, 6) is -2.53. The Morgan fingerprint density at radius 1 is 0.914 bits per heavy atom. The molecule has 5 atom stereocenters. The van der Waals surface area contributed by atoms with Crippen molar-refractivity contribution in [2.24, 2.45) is 0 Å². The molecule has 0 N–H and O–H groups in total. The number of thiophene rings is 1. The first-order valence-electron chi connectivity index (χ1n) is 10.5. The van der Waals surface area contributed by atoms with Gasteiger partial charge in [0, 0.05) is 37.8 Å². The fourth-order valence-corrected chi connectivity index (χ4v) is 4.52. The van der Waals surface area contributed by atoms with Crippen LogP contribution in [0.15, 0.2) is 24.3 Å². The molecule has 0 aliphatic carbocycles. The summed E-state index contributed by atoms with van der Waals surface area (Å²) in [6.07, 6.45) is -5.75. The molecule has 1 aromatic heterocycles. The van der Waals surface area contributed by atoms with Crippen LogP contribution in [0.2, 0.25) is 0 Å². The molecule has 2 heterocycles. The first-order chi connectivity index (χ1) is 16.6. The second-order valence-electron chi connectivity index (χ2n) is 7.62. The van der Waals surface area contributed by atoms with Crippen molar-refractivity contribution >= 4 is 51.6 Å². The number of carbonyl (C=O) groups excluding carboxylic acids is 5. The molecule has 12 heteroatoms. The Morgan fingerprint density at radius 2 is 1.54 bits per heavy atom. The van der Waals surface area contributed by atoms with E-state index in [0.29, 0.717) is 22.3 Å². The van der Waals surface area contributed by atoms with E-state index in [4.69, 9.17) is 28.4 Å². The zero-order valence-corrected chi connectivity index (χ0v) is 20.2. The fourth-order valence-electron chi connectivity index (χ4n) is 3.62. The van der Waals surface area contributed by atoms with Crippen molar-refractivity contribution in [3.63, 3.8) is 0 Å². The van der Waals surface area contributed by atoms with Crippen LogP contribution in [0.25, 0.3) is 10.1 Å². The average Bonchev–Trinajstić information content (AvgIpc) is 3.20. The van der Waals surface area contributed by atoms with Crippen LogP contribution < -0.4 is 4.74 Å². The SMILES string of the molecule is CC(=O)OC[C@H]1O[C@@H](Oc2cccc3sc(C=O)cc23)[C@H](OC(C)=O)[C@@H](OC(C)=O)[C@H]1OC(C)=O. The van der Waals surface area contributed by atoms with Gasteiger partial charge in [0.2, 0.25) is 12.4 Å². The highest BCUT2D eigenvalue weighted by Crippen LogP contribution is 2.36. The van der Waals surface area contributed by atoms with Gasteiger partial charge in [0.25, 0.3) is 0 Å². The third-order valence-electron chi connectivity index (χ3n) is 4.85. The molecule has 1 aliphatic heterocycles. The minimum absolute atomic E-state index is 0.299. The van der Waals surface area contributed by atoms with E-state index in [2.05, 4.69) is 0 Å². The summed E-state index contributed by atoms with van der Waals surface area (Å²) in [5.41, 5.74) is 0. The van der Waals surface area contributed by atoms with Crippen molar-refractivity contribution in [2.75, 3.05) is 6.61 Å². The zero-order valence-electron chi connectivity index (χ0n) is 19.4. The third-order valence-corrected chi connectivity index (χ3v) is 5.87. The van der Waals surface area contributed by atoms with Gasteiger partial charge < -0.3 is 28.4 Å². The Labute approximate surface area is 204 Å². The van der Waals surface area contributed by atoms with E-state index in [9.17, 15) is 24.0 Å². The van der Waals surface area contributed by atoms with Crippen LogP contribution in [0, 0.1) is 0 Å². The van der Waals surface area contributed by atoms with Crippen LogP contribution in [-0.4, -0.2) is 67.5 Å². The van der Waals surface area contributed by atoms with Crippen LogP contribution in [-0.2, 0) is 42.9 Å². The molecule has 188 valence electrons. The number of benzene rings is 1. The van der Waals surface area contributed by atoms with Crippen LogP contribution in [0.5, 0.6) is 5.75 Å². The Balaban J connectivity index is 2.04. The number of rotatable bonds is 8. The molecule has 1 aliphatic rings. The monoisotopic (exact) mass is 508 g/mol. The number of ether oxygens (including phenoxy) is 6. The summed E-state index contributed by atoms with van der Waals surface area (Å²) in [4.78, 5) is 58.8. The van der Waals surface area contributed by atoms with Crippen molar-refractivity contribution in [3.05, 3.63) is 29.1 Å². The van der Waals surface area contributed by atoms with Crippen molar-refractivity contribution in [1.29, 1.82) is 0 Å². The summed E-state index contributed by atoms with van der Waals surface area (Å²) >= 11 is 1.25. The number of carbonyl (C=O) groups is 5. The van der Waals surface area contributed by atoms with Crippen molar-refractivity contribution in [3.8, 4) is 5.75 Å². The number of hydrogen-bond acceptors (Lipinski definition) is 12. The first-order valence-corrected chi connectivity index (χ1v) is 11.4. The van der Waals surface area contributed by atoms with Crippen molar-refractivity contribution < 1.29 is 52.4 Å². The lowest BCUT2D eigenvalue weighted by Gasteiger charge is -2.43. The van der Waals surface area contributed by atoms with Crippen molar-refractivity contribution in [2.45, 2.75) is 58.4 Å². The van der Waals surface area contributed by atoms with Crippen LogP contribution in [0.1, 0.15) is 37.4 Å². The molecule has 0 radical (unpaired) electrons. The van der Waals surface area contributed by atoms with Crippen molar-refractivity contribution in [1.82, 2.24) is 0 Å². The lowest BCUT2D eigenvalue weighted by Crippen LogP contribution is -2.63. The van der Waals surface area contributed by atoms with Gasteiger partial charge in [-0.3, -0.25) is 24.0 Å². The second-order valence-corrected chi connectivity index (χ2v) is 8.74. The largest absolute Gasteiger partial charge is 0.463 e. The highest BCUT2D eigenvalue weighted by atomic mass is 32.1. The number of aldehydes is 1. The maximum absolute atomic E-state index is 11.9. The van der Waals surface area contributed by atoms with E-state index >= 15 is 0 Å². The predicted octanol–water partition coefficient (Wildman–Crippen LogP) is 2.18. The van der Waals surface area contributed by atoms with E-state index < -0.39 is 54.6 Å². The van der Waals surface area contributed by atoms with Gasteiger partial charge in [-0.25, -0.2) is 0 Å². The molecule has 0 amide bonds. The minimum Gasteiger partial charge on any atom is -0.463 e. The summed E-state index contributed by atoms with van der Waals surface area (Å²) in [6.45, 7) is 4.23. The molecule has 1 fully saturated rings. The van der Waals surface area contributed by atoms with Crippen LogP contribution in [0.3, 0.4) is 0 Å². The Morgan fingerprint density at radius 3 is 2.14 bits per heavy atom. The zero-order chi connectivity index (χ0) is 25.7. The van der Waals surface area contributed by atoms with Crippen LogP contribution >= 0.6 is 11.3 Å². The topological polar surface area (TPSA) is 141 Å². The molecule has 11 nitrogen and oxygen atoms in total. The molecule has 1 saturated heterocycles. The van der Waals surface area contributed by atoms with E-state index in [1.807, 2.05) is 0 Å². The van der Waals surface area contributed by atoms with E-state index in [1.165, 1.54) is 18.3 Å². The Kier molecular flexibility index (Phi) is 8.41. The maximum atomic E-state index is 11.9. The van der Waals surface area contributed by atoms with Gasteiger partial charge in [0.15, 0.2) is 18.5 Å². The quantitative estimate of drug-likeness (QED) is 0.294. The van der Waals surface area contributed by atoms with Gasteiger partial charge in [-0.1, -0.05) is 6.07 Å². The summed E-state index contributed by atoms with van der Waals surface area (Å²) < 4.78 is 33.9. The normalized spacial score (nSPS) is 23.7. The molecule has 0 saturated carbocycles. The molecule has 0 unspecified atom stereocenters. The number of hydrogen-bond donors (Lipinski definition) is 0. The van der Waals surface area contributed by atoms with Gasteiger partial charge in [-0.2, -0.15) is 0 Å². The molecule has 35 heavy (non-hydrogen) atoms. The molecule has 1 aromatic carbocycles. The third kappa shape index (κ3) is 6.55. The Bertz CT molecular complexity index is 1120. The fraction of sp³-hybridized carbons (Fsp3) is 0.435. The molecule has 2 aromatic rings. The predicted molar refractivity (Wildman–Crippen MR) is 120 cm³/mol. The number of fused-ring (bicyclic) bond motifs is 1. The molecule has 3 rings (SSSR count). The van der Waals surface area contributed by atoms with E-state index in [1.54, 1.807) is 24.3 Å². The van der Waals surface area contributed by atoms with Gasteiger partial charge in [-0.15, -0.1) is 11.3 Å². The first kappa shape index (κ1) is 26.1. The second kappa shape index (κ2) is 11.3. The molecule has 0 spiro atoms. The molecular weight excluding hydrogens is 484 g/mol. The van der Waals surface area contributed by atoms with Gasteiger partial charge >= 0.3 is 23.9 Å². The highest BCUT2D eigenvalue weighted by molar-refractivity contribution is 7.20. The molecular formula is C23H24O11S. The average molecular weight is 509 g/mol. The minimum atomic E-state index is -1.36. The lowest BCUT2D eigenvalue weighted by atomic mass is 9.98. The number of esters is 4. The lowest BCUT2D eigenvalue weighted by molar-refractivity contribution is -0.288. The van der Waals surface area contributed by atoms with Gasteiger partial charge in [0.05, 0.1) is 4.88 Å². The summed E-state index contributed by atoms with van der Waals surface area (Å²) in [6, 6.07) is 6.76. The standard InChI is InChI=1S/C23H24O11S/c1-11(25)29-10-18-20(30-12(2)26)21(31-13(3)27)22(32-14(4)28)23(34-18)33-17-6-5-7-19-16(17)8-15(9-24)35-19/h5-9,18,20-23H,10H2,1-4H3/t18-,20+,21+,22-,23-/m1/s1. The van der Waals surface area contributed by atoms with E-state index in [0.717, 1.165) is 25.5 Å². The molecule has 0 bridgehead atoms. The van der Waals surface area contributed by atoms with Crippen LogP contribution in [0.4, 0.5) is 0 Å². The van der Waals surface area contributed by atoms with E-state index in [-0.39, 0.29) is 6.61 Å². The smallest absolute Gasteiger partial charge is 0.303 e. The highest BCUT2D eigenvalue weighted by Gasteiger charge is 2.53.